The van der Waals surface area contributed by atoms with E-state index in [-0.39, 0.29) is 17.3 Å². The highest BCUT2D eigenvalue weighted by Crippen LogP contribution is 2.42. The number of hydrogen-bond donors (Lipinski definition) is 0. The first kappa shape index (κ1) is 33.3. The minimum absolute atomic E-state index is 0.267. The van der Waals surface area contributed by atoms with Crippen molar-refractivity contribution in [3.63, 3.8) is 0 Å². The first-order valence-electron chi connectivity index (χ1n) is 15.4. The largest absolute Gasteiger partial charge is 0.101 e. The topological polar surface area (TPSA) is 0 Å². The molecule has 0 aromatic carbocycles. The quantitative estimate of drug-likeness (QED) is 0.181. The van der Waals surface area contributed by atoms with Crippen LogP contribution < -0.4 is 0 Å². The number of hydrogen-bond acceptors (Lipinski definition) is 0. The number of allylic oxidation sites excluding steroid dienone is 12. The molecular formula is C40H54. The lowest BCUT2D eigenvalue weighted by atomic mass is 9.68. The maximum atomic E-state index is 3.40. The van der Waals surface area contributed by atoms with Crippen LogP contribution in [0.15, 0.2) is 70.4 Å². The van der Waals surface area contributed by atoms with E-state index in [2.05, 4.69) is 141 Å². The summed E-state index contributed by atoms with van der Waals surface area (Å²) in [5.74, 6) is 20.9. The van der Waals surface area contributed by atoms with Gasteiger partial charge in [0.15, 0.2) is 0 Å². The molecule has 0 aromatic rings. The molecule has 0 heteroatoms. The van der Waals surface area contributed by atoms with Crippen LogP contribution in [0.3, 0.4) is 0 Å². The SMILES string of the molecule is CC1=CCCC(C)(C)C1/C=C/C(C)C#CCC(C)C#CC/C=C(\C)C#C/C=C(C)\C=C\C1=C(C)CCCC1(C)C. The molecule has 0 fully saturated rings. The Hall–Kier alpha value is -2.88. The van der Waals surface area contributed by atoms with E-state index in [0.29, 0.717) is 11.3 Å². The molecule has 0 bridgehead atoms. The Morgan fingerprint density at radius 1 is 1.05 bits per heavy atom. The Labute approximate surface area is 248 Å². The van der Waals surface area contributed by atoms with Gasteiger partial charge in [0.05, 0.1) is 0 Å². The van der Waals surface area contributed by atoms with E-state index in [1.165, 1.54) is 54.4 Å². The maximum Gasteiger partial charge on any atom is 0.0354 e. The Balaban J connectivity index is 1.82. The zero-order chi connectivity index (χ0) is 29.8. The first-order valence-corrected chi connectivity index (χ1v) is 15.4. The summed E-state index contributed by atoms with van der Waals surface area (Å²) in [5, 5.41) is 0. The predicted octanol–water partition coefficient (Wildman–Crippen LogP) is 11.0. The highest BCUT2D eigenvalue weighted by atomic mass is 14.4. The fraction of sp³-hybridized carbons (Fsp3) is 0.550. The lowest BCUT2D eigenvalue weighted by Gasteiger charge is -2.36. The maximum absolute atomic E-state index is 3.40. The summed E-state index contributed by atoms with van der Waals surface area (Å²) in [5.41, 5.74) is 7.38. The molecule has 3 unspecified atom stereocenters. The fourth-order valence-corrected chi connectivity index (χ4v) is 5.76. The van der Waals surface area contributed by atoms with Crippen LogP contribution in [0, 0.1) is 64.1 Å². The minimum Gasteiger partial charge on any atom is -0.101 e. The molecule has 0 spiro atoms. The van der Waals surface area contributed by atoms with Crippen LogP contribution in [0.1, 0.15) is 114 Å². The Kier molecular flexibility index (Phi) is 13.2. The van der Waals surface area contributed by atoms with Gasteiger partial charge in [-0.05, 0) is 100 Å². The van der Waals surface area contributed by atoms with Crippen LogP contribution in [0.2, 0.25) is 0 Å². The molecule has 214 valence electrons. The smallest absolute Gasteiger partial charge is 0.0354 e. The molecule has 0 N–H and O–H groups in total. The highest BCUT2D eigenvalue weighted by Gasteiger charge is 2.30. The summed E-state index contributed by atoms with van der Waals surface area (Å²) in [6.07, 6.45) is 23.5. The van der Waals surface area contributed by atoms with Crippen molar-refractivity contribution >= 4 is 0 Å². The molecule has 0 saturated carbocycles. The highest BCUT2D eigenvalue weighted by molar-refractivity contribution is 5.39. The average molecular weight is 535 g/mol. The van der Waals surface area contributed by atoms with Gasteiger partial charge in [-0.25, -0.2) is 0 Å². The third-order valence-electron chi connectivity index (χ3n) is 8.40. The first-order chi connectivity index (χ1) is 18.8. The molecule has 0 radical (unpaired) electrons. The van der Waals surface area contributed by atoms with Crippen LogP contribution in [0.5, 0.6) is 0 Å². The second-order valence-electron chi connectivity index (χ2n) is 13.4. The Bertz CT molecular complexity index is 1240. The standard InChI is InChI=1S/C40H54/c1-31(19-13-21-33(3)25-27-37-35(5)23-15-29-39(37,7)8)17-11-12-18-32(2)20-14-22-34(4)26-28-38-36(6)24-16-30-40(38,9)10/h17,21,24-28,32,34,38H,11,15-16,20,23,29-30H2,1-10H3/b27-25+,28-26+,31-17+,33-21-. The van der Waals surface area contributed by atoms with Crippen molar-refractivity contribution in [2.45, 2.75) is 114 Å². The van der Waals surface area contributed by atoms with E-state index in [1.54, 1.807) is 0 Å². The van der Waals surface area contributed by atoms with Crippen LogP contribution in [0.4, 0.5) is 0 Å². The van der Waals surface area contributed by atoms with Gasteiger partial charge in [-0.15, -0.1) is 5.92 Å². The Morgan fingerprint density at radius 3 is 2.50 bits per heavy atom. The van der Waals surface area contributed by atoms with E-state index in [4.69, 9.17) is 0 Å². The lowest BCUT2D eigenvalue weighted by Crippen LogP contribution is -2.26. The average Bonchev–Trinajstić information content (AvgIpc) is 2.85. The van der Waals surface area contributed by atoms with Gasteiger partial charge >= 0.3 is 0 Å². The zero-order valence-electron chi connectivity index (χ0n) is 27.2. The molecule has 2 aliphatic rings. The third kappa shape index (κ3) is 11.3. The van der Waals surface area contributed by atoms with E-state index in [9.17, 15) is 0 Å². The van der Waals surface area contributed by atoms with Gasteiger partial charge in [-0.1, -0.05) is 112 Å². The monoisotopic (exact) mass is 534 g/mol. The molecule has 0 nitrogen and oxygen atoms in total. The normalized spacial score (nSPS) is 22.4. The molecule has 0 heterocycles. The van der Waals surface area contributed by atoms with Gasteiger partial charge in [0, 0.05) is 30.6 Å². The van der Waals surface area contributed by atoms with E-state index < -0.39 is 0 Å². The van der Waals surface area contributed by atoms with Crippen molar-refractivity contribution in [2.75, 3.05) is 0 Å². The minimum atomic E-state index is 0.267. The van der Waals surface area contributed by atoms with Crippen molar-refractivity contribution in [2.24, 2.45) is 28.6 Å². The van der Waals surface area contributed by atoms with Crippen LogP contribution in [-0.4, -0.2) is 0 Å². The predicted molar refractivity (Wildman–Crippen MR) is 177 cm³/mol. The summed E-state index contributed by atoms with van der Waals surface area (Å²) in [7, 11) is 0. The molecule has 2 rings (SSSR count). The molecule has 0 aromatic heterocycles. The molecule has 3 atom stereocenters. The van der Waals surface area contributed by atoms with Gasteiger partial charge in [0.1, 0.15) is 0 Å². The van der Waals surface area contributed by atoms with Gasteiger partial charge in [-0.2, -0.15) is 0 Å². The van der Waals surface area contributed by atoms with Gasteiger partial charge in [-0.3, -0.25) is 0 Å². The fourth-order valence-electron chi connectivity index (χ4n) is 5.76. The van der Waals surface area contributed by atoms with Crippen molar-refractivity contribution in [1.29, 1.82) is 0 Å². The van der Waals surface area contributed by atoms with Gasteiger partial charge < -0.3 is 0 Å². The summed E-state index contributed by atoms with van der Waals surface area (Å²) in [4.78, 5) is 0. The summed E-state index contributed by atoms with van der Waals surface area (Å²) < 4.78 is 0. The zero-order valence-corrected chi connectivity index (χ0v) is 27.2. The van der Waals surface area contributed by atoms with E-state index in [1.807, 2.05) is 6.08 Å². The van der Waals surface area contributed by atoms with Crippen molar-refractivity contribution in [3.05, 3.63) is 70.4 Å². The van der Waals surface area contributed by atoms with Gasteiger partial charge in [0.2, 0.25) is 0 Å². The molecule has 0 aliphatic heterocycles. The summed E-state index contributed by atoms with van der Waals surface area (Å²) in [6.45, 7) is 22.6. The second-order valence-corrected chi connectivity index (χ2v) is 13.4. The molecular weight excluding hydrogens is 480 g/mol. The molecule has 0 saturated heterocycles. The number of rotatable bonds is 6. The molecule has 2 aliphatic carbocycles. The molecule has 0 amide bonds. The Morgan fingerprint density at radius 2 is 1.80 bits per heavy atom. The summed E-state index contributed by atoms with van der Waals surface area (Å²) >= 11 is 0. The summed E-state index contributed by atoms with van der Waals surface area (Å²) in [6, 6.07) is 0. The second kappa shape index (κ2) is 15.8. The van der Waals surface area contributed by atoms with Crippen molar-refractivity contribution < 1.29 is 0 Å². The van der Waals surface area contributed by atoms with Crippen molar-refractivity contribution in [1.82, 2.24) is 0 Å². The van der Waals surface area contributed by atoms with Crippen LogP contribution in [-0.2, 0) is 0 Å². The van der Waals surface area contributed by atoms with Crippen molar-refractivity contribution in [3.8, 4) is 35.5 Å². The van der Waals surface area contributed by atoms with E-state index >= 15 is 0 Å². The van der Waals surface area contributed by atoms with E-state index in [0.717, 1.165) is 18.4 Å². The molecule has 40 heavy (non-hydrogen) atoms. The van der Waals surface area contributed by atoms with Gasteiger partial charge in [0.25, 0.3) is 0 Å². The third-order valence-corrected chi connectivity index (χ3v) is 8.40. The van der Waals surface area contributed by atoms with Crippen LogP contribution in [0.25, 0.3) is 0 Å². The lowest BCUT2D eigenvalue weighted by molar-refractivity contribution is 0.255. The van der Waals surface area contributed by atoms with Crippen LogP contribution >= 0.6 is 0 Å².